The first-order valence-electron chi connectivity index (χ1n) is 6.44. The van der Waals surface area contributed by atoms with Crippen LogP contribution in [0.2, 0.25) is 0 Å². The Hall–Kier alpha value is -0.700. The molecule has 1 aliphatic rings. The monoisotopic (exact) mass is 363 g/mol. The van der Waals surface area contributed by atoms with E-state index >= 15 is 0 Å². The molecule has 1 saturated heterocycles. The highest BCUT2D eigenvalue weighted by Crippen LogP contribution is 2.21. The molecule has 20 heavy (non-hydrogen) atoms. The number of nitrogens with zero attached hydrogens (tertiary/aromatic N) is 2. The molecule has 0 spiro atoms. The standard InChI is InChI=1S/C12H18BrN3O3S/c1-9-11(13)4-5-12(14-9)15-20(18,19)16-6-2-3-10(7-16)8-17/h4-5,10,17H,2-3,6-8H2,1H3,(H,14,15). The summed E-state index contributed by atoms with van der Waals surface area (Å²) in [7, 11) is -3.61. The van der Waals surface area contributed by atoms with Crippen LogP contribution in [0.5, 0.6) is 0 Å². The van der Waals surface area contributed by atoms with Crippen LogP contribution in [-0.4, -0.2) is 42.5 Å². The third kappa shape index (κ3) is 3.69. The zero-order chi connectivity index (χ0) is 14.8. The predicted octanol–water partition coefficient (Wildman–Crippen LogP) is 1.51. The molecule has 2 rings (SSSR count). The summed E-state index contributed by atoms with van der Waals surface area (Å²) >= 11 is 3.32. The van der Waals surface area contributed by atoms with Crippen molar-refractivity contribution in [3.8, 4) is 0 Å². The average molecular weight is 364 g/mol. The van der Waals surface area contributed by atoms with Gasteiger partial charge in [-0.1, -0.05) is 0 Å². The van der Waals surface area contributed by atoms with Gasteiger partial charge in [0.1, 0.15) is 5.82 Å². The first kappa shape index (κ1) is 15.7. The Labute approximate surface area is 127 Å². The number of nitrogens with one attached hydrogen (secondary N) is 1. The van der Waals surface area contributed by atoms with E-state index in [2.05, 4.69) is 25.6 Å². The van der Waals surface area contributed by atoms with Crippen molar-refractivity contribution in [2.75, 3.05) is 24.4 Å². The highest BCUT2D eigenvalue weighted by molar-refractivity contribution is 9.10. The van der Waals surface area contributed by atoms with Gasteiger partial charge in [0.2, 0.25) is 0 Å². The molecule has 1 aliphatic heterocycles. The molecular formula is C12H18BrN3O3S. The fourth-order valence-corrected chi connectivity index (χ4v) is 3.70. The van der Waals surface area contributed by atoms with Crippen molar-refractivity contribution >= 4 is 32.0 Å². The molecular weight excluding hydrogens is 346 g/mol. The molecule has 6 nitrogen and oxygen atoms in total. The Morgan fingerprint density at radius 3 is 2.95 bits per heavy atom. The lowest BCUT2D eigenvalue weighted by atomic mass is 10.0. The van der Waals surface area contributed by atoms with Crippen LogP contribution in [0.4, 0.5) is 5.82 Å². The Kier molecular flexibility index (Phi) is 5.00. The second-order valence-electron chi connectivity index (χ2n) is 4.92. The number of hydrogen-bond acceptors (Lipinski definition) is 4. The minimum absolute atomic E-state index is 0.0138. The van der Waals surface area contributed by atoms with Gasteiger partial charge in [-0.3, -0.25) is 4.72 Å². The van der Waals surface area contributed by atoms with Gasteiger partial charge in [-0.15, -0.1) is 0 Å². The molecule has 1 aromatic rings. The summed E-state index contributed by atoms with van der Waals surface area (Å²) in [4.78, 5) is 4.18. The van der Waals surface area contributed by atoms with E-state index in [-0.39, 0.29) is 12.5 Å². The minimum atomic E-state index is -3.61. The van der Waals surface area contributed by atoms with E-state index in [9.17, 15) is 13.5 Å². The first-order valence-corrected chi connectivity index (χ1v) is 8.67. The fourth-order valence-electron chi connectivity index (χ4n) is 2.19. The second kappa shape index (κ2) is 6.38. The normalized spacial score (nSPS) is 20.9. The summed E-state index contributed by atoms with van der Waals surface area (Å²) in [5.41, 5.74) is 0.720. The van der Waals surface area contributed by atoms with Crippen LogP contribution in [0.15, 0.2) is 16.6 Å². The smallest absolute Gasteiger partial charge is 0.302 e. The topological polar surface area (TPSA) is 82.5 Å². The minimum Gasteiger partial charge on any atom is -0.396 e. The maximum Gasteiger partial charge on any atom is 0.302 e. The van der Waals surface area contributed by atoms with Crippen LogP contribution in [0.3, 0.4) is 0 Å². The summed E-state index contributed by atoms with van der Waals surface area (Å²) in [5, 5.41) is 9.17. The SMILES string of the molecule is Cc1nc(NS(=O)(=O)N2CCCC(CO)C2)ccc1Br. The molecule has 0 aliphatic carbocycles. The zero-order valence-corrected chi connectivity index (χ0v) is 13.6. The summed E-state index contributed by atoms with van der Waals surface area (Å²) in [6.07, 6.45) is 1.62. The van der Waals surface area contributed by atoms with Crippen molar-refractivity contribution in [1.29, 1.82) is 0 Å². The largest absolute Gasteiger partial charge is 0.396 e. The van der Waals surface area contributed by atoms with Crippen molar-refractivity contribution in [2.24, 2.45) is 5.92 Å². The van der Waals surface area contributed by atoms with E-state index in [1.807, 2.05) is 0 Å². The first-order chi connectivity index (χ1) is 9.42. The number of aromatic nitrogens is 1. The predicted molar refractivity (Wildman–Crippen MR) is 80.6 cm³/mol. The van der Waals surface area contributed by atoms with Gasteiger partial charge in [-0.2, -0.15) is 12.7 Å². The molecule has 112 valence electrons. The number of anilines is 1. The molecule has 8 heteroatoms. The quantitative estimate of drug-likeness (QED) is 0.849. The molecule has 0 bridgehead atoms. The van der Waals surface area contributed by atoms with Crippen molar-refractivity contribution in [1.82, 2.24) is 9.29 Å². The Bertz CT molecular complexity index is 579. The van der Waals surface area contributed by atoms with Crippen molar-refractivity contribution < 1.29 is 13.5 Å². The molecule has 1 aromatic heterocycles. The molecule has 0 aromatic carbocycles. The van der Waals surface area contributed by atoms with Crippen LogP contribution in [0.25, 0.3) is 0 Å². The number of hydrogen-bond donors (Lipinski definition) is 2. The van der Waals surface area contributed by atoms with E-state index < -0.39 is 10.2 Å². The van der Waals surface area contributed by atoms with Gasteiger partial charge in [-0.05, 0) is 53.7 Å². The summed E-state index contributed by atoms with van der Waals surface area (Å²) < 4.78 is 29.3. The molecule has 2 heterocycles. The van der Waals surface area contributed by atoms with Gasteiger partial charge in [0.05, 0.1) is 5.69 Å². The van der Waals surface area contributed by atoms with E-state index in [1.165, 1.54) is 4.31 Å². The number of aliphatic hydroxyl groups excluding tert-OH is 1. The molecule has 1 fully saturated rings. The van der Waals surface area contributed by atoms with Crippen LogP contribution in [0, 0.1) is 12.8 Å². The summed E-state index contributed by atoms with van der Waals surface area (Å²) in [6.45, 7) is 2.63. The highest BCUT2D eigenvalue weighted by Gasteiger charge is 2.28. The molecule has 1 unspecified atom stereocenters. The number of rotatable bonds is 4. The molecule has 0 amide bonds. The van der Waals surface area contributed by atoms with Gasteiger partial charge in [0.15, 0.2) is 0 Å². The van der Waals surface area contributed by atoms with Gasteiger partial charge >= 0.3 is 10.2 Å². The number of piperidine rings is 1. The molecule has 0 saturated carbocycles. The van der Waals surface area contributed by atoms with Gasteiger partial charge in [0, 0.05) is 24.2 Å². The van der Waals surface area contributed by atoms with Crippen molar-refractivity contribution in [2.45, 2.75) is 19.8 Å². The lowest BCUT2D eigenvalue weighted by molar-refractivity contribution is 0.166. The summed E-state index contributed by atoms with van der Waals surface area (Å²) in [5.74, 6) is 0.316. The lowest BCUT2D eigenvalue weighted by Crippen LogP contribution is -2.43. The second-order valence-corrected chi connectivity index (χ2v) is 7.44. The third-order valence-corrected chi connectivity index (χ3v) is 5.65. The van der Waals surface area contributed by atoms with Crippen LogP contribution < -0.4 is 4.72 Å². The van der Waals surface area contributed by atoms with Gasteiger partial charge in [0.25, 0.3) is 0 Å². The number of aryl methyl sites for hydroxylation is 1. The van der Waals surface area contributed by atoms with E-state index in [4.69, 9.17) is 0 Å². The molecule has 0 radical (unpaired) electrons. The number of halogens is 1. The van der Waals surface area contributed by atoms with Crippen LogP contribution in [-0.2, 0) is 10.2 Å². The number of aliphatic hydroxyl groups is 1. The van der Waals surface area contributed by atoms with Crippen LogP contribution in [0.1, 0.15) is 18.5 Å². The van der Waals surface area contributed by atoms with E-state index in [1.54, 1.807) is 19.1 Å². The highest BCUT2D eigenvalue weighted by atomic mass is 79.9. The molecule has 1 atom stereocenters. The van der Waals surface area contributed by atoms with Gasteiger partial charge in [-0.25, -0.2) is 4.98 Å². The van der Waals surface area contributed by atoms with E-state index in [0.717, 1.165) is 23.0 Å². The maximum atomic E-state index is 12.3. The Morgan fingerprint density at radius 1 is 1.55 bits per heavy atom. The molecule has 2 N–H and O–H groups in total. The van der Waals surface area contributed by atoms with Gasteiger partial charge < -0.3 is 5.11 Å². The summed E-state index contributed by atoms with van der Waals surface area (Å²) in [6, 6.07) is 3.37. The maximum absolute atomic E-state index is 12.3. The lowest BCUT2D eigenvalue weighted by Gasteiger charge is -2.30. The third-order valence-electron chi connectivity index (χ3n) is 3.33. The van der Waals surface area contributed by atoms with E-state index in [0.29, 0.717) is 18.9 Å². The zero-order valence-electron chi connectivity index (χ0n) is 11.2. The Morgan fingerprint density at radius 2 is 2.30 bits per heavy atom. The Balaban J connectivity index is 2.12. The number of pyridine rings is 1. The average Bonchev–Trinajstić information content (AvgIpc) is 2.43. The van der Waals surface area contributed by atoms with Crippen LogP contribution >= 0.6 is 15.9 Å². The fraction of sp³-hybridized carbons (Fsp3) is 0.583. The van der Waals surface area contributed by atoms with Crippen molar-refractivity contribution in [3.05, 3.63) is 22.3 Å². The van der Waals surface area contributed by atoms with Crippen molar-refractivity contribution in [3.63, 3.8) is 0 Å².